The van der Waals surface area contributed by atoms with Crippen molar-refractivity contribution in [2.24, 2.45) is 5.92 Å². The molecular formula is C16H23N3O3. The van der Waals surface area contributed by atoms with E-state index >= 15 is 0 Å². The van der Waals surface area contributed by atoms with Gasteiger partial charge in [0, 0.05) is 18.6 Å². The normalized spacial score (nSPS) is 17.0. The molecule has 2 rings (SSSR count). The molecule has 1 aromatic rings. The van der Waals surface area contributed by atoms with Crippen LogP contribution >= 0.6 is 0 Å². The minimum absolute atomic E-state index is 0.0116. The van der Waals surface area contributed by atoms with Gasteiger partial charge in [0.2, 0.25) is 5.91 Å². The Kier molecular flexibility index (Phi) is 5.89. The maximum atomic E-state index is 12.0. The molecule has 0 radical (unpaired) electrons. The highest BCUT2D eigenvalue weighted by Crippen LogP contribution is 2.20. The van der Waals surface area contributed by atoms with Crippen molar-refractivity contribution in [3.05, 3.63) is 39.9 Å². The lowest BCUT2D eigenvalue weighted by atomic mass is 9.93. The van der Waals surface area contributed by atoms with Crippen molar-refractivity contribution >= 4 is 11.6 Å². The summed E-state index contributed by atoms with van der Waals surface area (Å²) in [5.41, 5.74) is 0.803. The average Bonchev–Trinajstić information content (AvgIpc) is 2.54. The largest absolute Gasteiger partial charge is 0.350 e. The van der Waals surface area contributed by atoms with E-state index in [9.17, 15) is 14.9 Å². The number of nitro benzene ring substituents is 1. The molecule has 0 aliphatic carbocycles. The summed E-state index contributed by atoms with van der Waals surface area (Å²) in [5, 5.41) is 17.0. The molecule has 1 fully saturated rings. The Morgan fingerprint density at radius 1 is 1.45 bits per heavy atom. The van der Waals surface area contributed by atoms with Crippen LogP contribution < -0.4 is 10.6 Å². The first-order valence-corrected chi connectivity index (χ1v) is 7.80. The summed E-state index contributed by atoms with van der Waals surface area (Å²) >= 11 is 0. The Balaban J connectivity index is 1.82. The second-order valence-corrected chi connectivity index (χ2v) is 5.87. The fourth-order valence-electron chi connectivity index (χ4n) is 2.81. The van der Waals surface area contributed by atoms with Crippen LogP contribution in [0, 0.1) is 16.0 Å². The molecule has 6 heteroatoms. The molecule has 120 valence electrons. The molecule has 0 saturated carbocycles. The van der Waals surface area contributed by atoms with Gasteiger partial charge in [0.1, 0.15) is 0 Å². The van der Waals surface area contributed by atoms with E-state index in [1.54, 1.807) is 12.1 Å². The van der Waals surface area contributed by atoms with Gasteiger partial charge < -0.3 is 10.6 Å². The Bertz CT molecular complexity index is 527. The number of hydrogen-bond acceptors (Lipinski definition) is 4. The van der Waals surface area contributed by atoms with E-state index in [1.165, 1.54) is 12.1 Å². The number of piperidine rings is 1. The minimum Gasteiger partial charge on any atom is -0.350 e. The Morgan fingerprint density at radius 3 is 2.86 bits per heavy atom. The lowest BCUT2D eigenvalue weighted by molar-refractivity contribution is -0.384. The van der Waals surface area contributed by atoms with Crippen molar-refractivity contribution < 1.29 is 9.72 Å². The Labute approximate surface area is 130 Å². The summed E-state index contributed by atoms with van der Waals surface area (Å²) in [4.78, 5) is 22.4. The van der Waals surface area contributed by atoms with E-state index in [-0.39, 0.29) is 17.6 Å². The Morgan fingerprint density at radius 2 is 2.18 bits per heavy atom. The zero-order valence-corrected chi connectivity index (χ0v) is 12.9. The number of rotatable bonds is 6. The van der Waals surface area contributed by atoms with Crippen molar-refractivity contribution in [2.45, 2.75) is 38.6 Å². The maximum absolute atomic E-state index is 12.0. The first-order chi connectivity index (χ1) is 10.6. The zero-order valence-electron chi connectivity index (χ0n) is 12.9. The van der Waals surface area contributed by atoms with Crippen LogP contribution in [0.5, 0.6) is 0 Å². The van der Waals surface area contributed by atoms with Gasteiger partial charge in [0.25, 0.3) is 5.69 Å². The monoisotopic (exact) mass is 305 g/mol. The topological polar surface area (TPSA) is 84.3 Å². The summed E-state index contributed by atoms with van der Waals surface area (Å²) in [5.74, 6) is 0.637. The van der Waals surface area contributed by atoms with Crippen molar-refractivity contribution in [3.63, 3.8) is 0 Å². The van der Waals surface area contributed by atoms with Crippen molar-refractivity contribution in [2.75, 3.05) is 13.1 Å². The number of nitrogens with zero attached hydrogens (tertiary/aromatic N) is 1. The van der Waals surface area contributed by atoms with Crippen molar-refractivity contribution in [1.82, 2.24) is 10.6 Å². The maximum Gasteiger partial charge on any atom is 0.269 e. The third-order valence-electron chi connectivity index (χ3n) is 4.20. The molecule has 1 atom stereocenters. The first kappa shape index (κ1) is 16.4. The number of amides is 1. The molecule has 0 aromatic heterocycles. The highest BCUT2D eigenvalue weighted by Gasteiger charge is 2.16. The minimum atomic E-state index is -0.421. The molecular weight excluding hydrogens is 282 g/mol. The average molecular weight is 305 g/mol. The third kappa shape index (κ3) is 4.80. The molecule has 0 bridgehead atoms. The van der Waals surface area contributed by atoms with Gasteiger partial charge in [0.15, 0.2) is 0 Å². The van der Waals surface area contributed by atoms with Crippen LogP contribution in [0.15, 0.2) is 24.3 Å². The van der Waals surface area contributed by atoms with E-state index in [0.717, 1.165) is 37.9 Å². The quantitative estimate of drug-likeness (QED) is 0.625. The van der Waals surface area contributed by atoms with E-state index in [4.69, 9.17) is 0 Å². The molecule has 2 N–H and O–H groups in total. The summed E-state index contributed by atoms with van der Waals surface area (Å²) in [6, 6.07) is 6.18. The van der Waals surface area contributed by atoms with Crippen LogP contribution in [0.25, 0.3) is 0 Å². The number of nitro groups is 1. The van der Waals surface area contributed by atoms with Crippen LogP contribution in [-0.2, 0) is 4.79 Å². The predicted octanol–water partition coefficient (Wildman–Crippen LogP) is 2.55. The van der Waals surface area contributed by atoms with Gasteiger partial charge in [-0.15, -0.1) is 0 Å². The SMILES string of the molecule is CC(NC(=O)CCC1CCNCC1)c1cccc([N+](=O)[O-])c1. The zero-order chi connectivity index (χ0) is 15.9. The van der Waals surface area contributed by atoms with Crippen LogP contribution in [0.3, 0.4) is 0 Å². The van der Waals surface area contributed by atoms with Crippen LogP contribution in [0.4, 0.5) is 5.69 Å². The van der Waals surface area contributed by atoms with Gasteiger partial charge in [-0.3, -0.25) is 14.9 Å². The molecule has 1 aromatic carbocycles. The van der Waals surface area contributed by atoms with Gasteiger partial charge >= 0.3 is 0 Å². The van der Waals surface area contributed by atoms with E-state index in [2.05, 4.69) is 10.6 Å². The molecule has 1 aliphatic heterocycles. The van der Waals surface area contributed by atoms with Crippen molar-refractivity contribution in [3.8, 4) is 0 Å². The lowest BCUT2D eigenvalue weighted by Crippen LogP contribution is -2.30. The molecule has 1 amide bonds. The standard InChI is InChI=1S/C16H23N3O3/c1-12(14-3-2-4-15(11-14)19(21)22)18-16(20)6-5-13-7-9-17-10-8-13/h2-4,11-13,17H,5-10H2,1H3,(H,18,20). The predicted molar refractivity (Wildman–Crippen MR) is 84.5 cm³/mol. The first-order valence-electron chi connectivity index (χ1n) is 7.80. The molecule has 6 nitrogen and oxygen atoms in total. The molecule has 1 aliphatic rings. The highest BCUT2D eigenvalue weighted by atomic mass is 16.6. The lowest BCUT2D eigenvalue weighted by Gasteiger charge is -2.22. The fourth-order valence-corrected chi connectivity index (χ4v) is 2.81. The third-order valence-corrected chi connectivity index (χ3v) is 4.20. The smallest absolute Gasteiger partial charge is 0.269 e. The van der Waals surface area contributed by atoms with E-state index in [0.29, 0.717) is 12.3 Å². The fraction of sp³-hybridized carbons (Fsp3) is 0.562. The molecule has 1 unspecified atom stereocenters. The Hall–Kier alpha value is -1.95. The second-order valence-electron chi connectivity index (χ2n) is 5.87. The number of nitrogens with one attached hydrogen (secondary N) is 2. The van der Waals surface area contributed by atoms with Crippen LogP contribution in [-0.4, -0.2) is 23.9 Å². The number of hydrogen-bond donors (Lipinski definition) is 2. The van der Waals surface area contributed by atoms with E-state index < -0.39 is 4.92 Å². The number of carbonyl (C=O) groups is 1. The molecule has 22 heavy (non-hydrogen) atoms. The second kappa shape index (κ2) is 7.89. The van der Waals surface area contributed by atoms with Gasteiger partial charge in [-0.25, -0.2) is 0 Å². The summed E-state index contributed by atoms with van der Waals surface area (Å²) in [6.45, 7) is 3.92. The van der Waals surface area contributed by atoms with Gasteiger partial charge in [-0.1, -0.05) is 12.1 Å². The van der Waals surface area contributed by atoms with Crippen LogP contribution in [0.1, 0.15) is 44.2 Å². The summed E-state index contributed by atoms with van der Waals surface area (Å²) in [6.07, 6.45) is 3.69. The van der Waals surface area contributed by atoms with Gasteiger partial charge in [-0.05, 0) is 50.8 Å². The van der Waals surface area contributed by atoms with Crippen molar-refractivity contribution in [1.29, 1.82) is 0 Å². The molecule has 0 spiro atoms. The summed E-state index contributed by atoms with van der Waals surface area (Å²) in [7, 11) is 0. The summed E-state index contributed by atoms with van der Waals surface area (Å²) < 4.78 is 0. The molecule has 1 saturated heterocycles. The molecule has 1 heterocycles. The number of non-ortho nitro benzene ring substituents is 1. The number of carbonyl (C=O) groups excluding carboxylic acids is 1. The van der Waals surface area contributed by atoms with Gasteiger partial charge in [0.05, 0.1) is 11.0 Å². The van der Waals surface area contributed by atoms with Crippen LogP contribution in [0.2, 0.25) is 0 Å². The van der Waals surface area contributed by atoms with E-state index in [1.807, 2.05) is 6.92 Å². The highest BCUT2D eigenvalue weighted by molar-refractivity contribution is 5.76. The van der Waals surface area contributed by atoms with Gasteiger partial charge in [-0.2, -0.15) is 0 Å². The number of benzene rings is 1.